The Morgan fingerprint density at radius 3 is 1.60 bits per heavy atom. The minimum atomic E-state index is 0.121. The van der Waals surface area contributed by atoms with Crippen molar-refractivity contribution in [2.24, 2.45) is 0 Å². The van der Waals surface area contributed by atoms with Crippen LogP contribution < -0.4 is 0 Å². The van der Waals surface area contributed by atoms with E-state index in [4.69, 9.17) is 0 Å². The third kappa shape index (κ3) is 3.85. The molecular weight excluding hydrogens is 605 g/mol. The lowest BCUT2D eigenvalue weighted by molar-refractivity contribution is 0.353. The molecule has 238 valence electrons. The van der Waals surface area contributed by atoms with Gasteiger partial charge in [0.05, 0.1) is 22.1 Å². The molecule has 1 saturated carbocycles. The first-order valence-electron chi connectivity index (χ1n) is 18.2. The number of para-hydroxylation sites is 3. The molecule has 0 aliphatic heterocycles. The molecular formula is C48H36N2. The number of benzene rings is 7. The van der Waals surface area contributed by atoms with Crippen molar-refractivity contribution < 1.29 is 0 Å². The van der Waals surface area contributed by atoms with Crippen LogP contribution in [0.4, 0.5) is 0 Å². The molecule has 1 fully saturated rings. The zero-order valence-corrected chi connectivity index (χ0v) is 27.9. The Morgan fingerprint density at radius 1 is 0.360 bits per heavy atom. The minimum absolute atomic E-state index is 0.121. The molecule has 0 N–H and O–H groups in total. The van der Waals surface area contributed by atoms with Crippen LogP contribution in [-0.4, -0.2) is 9.13 Å². The van der Waals surface area contributed by atoms with Gasteiger partial charge in [0.25, 0.3) is 0 Å². The van der Waals surface area contributed by atoms with Gasteiger partial charge in [0.1, 0.15) is 0 Å². The number of hydrogen-bond acceptors (Lipinski definition) is 0. The van der Waals surface area contributed by atoms with Crippen LogP contribution in [0.3, 0.4) is 0 Å². The standard InChI is InChI=1S/C48H36N2/c1-4-14-34(15-5-1)49-44-21-11-9-19-37(44)39-28-32(22-24-45(39)49)33-23-25-46-40(29-33)41-30-38-36-18-8-10-20-42(36)48(26-12-3-13-27-48)43(38)31-47(41)50(46)35-16-6-2-7-17-35/h1-2,4-11,14-25,28-31H,3,12-13,26-27H2. The van der Waals surface area contributed by atoms with Gasteiger partial charge in [0.15, 0.2) is 0 Å². The van der Waals surface area contributed by atoms with Crippen molar-refractivity contribution in [1.29, 1.82) is 0 Å². The molecule has 7 aromatic carbocycles. The van der Waals surface area contributed by atoms with Crippen LogP contribution in [0.5, 0.6) is 0 Å². The molecule has 2 aliphatic carbocycles. The van der Waals surface area contributed by atoms with Gasteiger partial charge in [0.2, 0.25) is 0 Å². The summed E-state index contributed by atoms with van der Waals surface area (Å²) in [4.78, 5) is 0. The van der Waals surface area contributed by atoms with E-state index in [-0.39, 0.29) is 5.41 Å². The fourth-order valence-electron chi connectivity index (χ4n) is 9.70. The molecule has 0 atom stereocenters. The van der Waals surface area contributed by atoms with Gasteiger partial charge in [-0.1, -0.05) is 110 Å². The van der Waals surface area contributed by atoms with E-state index in [9.17, 15) is 0 Å². The van der Waals surface area contributed by atoms with E-state index >= 15 is 0 Å². The van der Waals surface area contributed by atoms with Crippen molar-refractivity contribution in [1.82, 2.24) is 9.13 Å². The fraction of sp³-hybridized carbons (Fsp3) is 0.125. The van der Waals surface area contributed by atoms with Crippen molar-refractivity contribution in [2.75, 3.05) is 0 Å². The number of hydrogen-bond donors (Lipinski definition) is 0. The van der Waals surface area contributed by atoms with Crippen molar-refractivity contribution in [3.63, 3.8) is 0 Å². The Kier molecular flexibility index (Phi) is 5.92. The van der Waals surface area contributed by atoms with E-state index in [1.165, 1.54) is 115 Å². The molecule has 2 aliphatic rings. The summed E-state index contributed by atoms with van der Waals surface area (Å²) in [6.07, 6.45) is 6.41. The van der Waals surface area contributed by atoms with E-state index in [1.807, 2.05) is 0 Å². The average molecular weight is 641 g/mol. The molecule has 2 aromatic heterocycles. The fourth-order valence-corrected chi connectivity index (χ4v) is 9.70. The highest BCUT2D eigenvalue weighted by Gasteiger charge is 2.44. The summed E-state index contributed by atoms with van der Waals surface area (Å²) in [6.45, 7) is 0. The van der Waals surface area contributed by atoms with Crippen LogP contribution in [0.25, 0.3) is 77.2 Å². The van der Waals surface area contributed by atoms with Crippen LogP contribution in [0.2, 0.25) is 0 Å². The second-order valence-corrected chi connectivity index (χ2v) is 14.4. The van der Waals surface area contributed by atoms with Crippen molar-refractivity contribution in [3.05, 3.63) is 169 Å². The Morgan fingerprint density at radius 2 is 0.900 bits per heavy atom. The maximum absolute atomic E-state index is 2.58. The Bertz CT molecular complexity index is 2770. The molecule has 0 amide bonds. The van der Waals surface area contributed by atoms with Gasteiger partial charge in [-0.3, -0.25) is 0 Å². The summed E-state index contributed by atoms with van der Waals surface area (Å²) in [6, 6.07) is 59.0. The summed E-state index contributed by atoms with van der Waals surface area (Å²) in [5.41, 5.74) is 16.0. The SMILES string of the molecule is c1ccc(-n2c3ccccc3c3cc(-c4ccc5c(c4)c4cc6c(cc4n5-c4ccccc4)C4(CCCCC4)c4ccccc4-6)ccc32)cc1. The van der Waals surface area contributed by atoms with E-state index < -0.39 is 0 Å². The summed E-state index contributed by atoms with van der Waals surface area (Å²) < 4.78 is 4.90. The molecule has 2 nitrogen and oxygen atoms in total. The van der Waals surface area contributed by atoms with Gasteiger partial charge in [0, 0.05) is 38.3 Å². The third-order valence-electron chi connectivity index (χ3n) is 11.9. The molecule has 0 radical (unpaired) electrons. The summed E-state index contributed by atoms with van der Waals surface area (Å²) >= 11 is 0. The minimum Gasteiger partial charge on any atom is -0.309 e. The Hall–Kier alpha value is -5.86. The van der Waals surface area contributed by atoms with Crippen LogP contribution in [0.15, 0.2) is 158 Å². The Labute approximate surface area is 291 Å². The molecule has 2 heteroatoms. The predicted octanol–water partition coefficient (Wildman–Crippen LogP) is 12.8. The van der Waals surface area contributed by atoms with Gasteiger partial charge in [-0.05, 0) is 113 Å². The smallest absolute Gasteiger partial charge is 0.0544 e. The maximum atomic E-state index is 2.58. The maximum Gasteiger partial charge on any atom is 0.0544 e. The van der Waals surface area contributed by atoms with Crippen LogP contribution in [-0.2, 0) is 5.41 Å². The zero-order valence-electron chi connectivity index (χ0n) is 27.9. The van der Waals surface area contributed by atoms with Gasteiger partial charge in [-0.25, -0.2) is 0 Å². The number of rotatable bonds is 3. The van der Waals surface area contributed by atoms with Crippen molar-refractivity contribution in [3.8, 4) is 33.6 Å². The van der Waals surface area contributed by atoms with Crippen molar-refractivity contribution in [2.45, 2.75) is 37.5 Å². The molecule has 2 heterocycles. The molecule has 9 aromatic rings. The van der Waals surface area contributed by atoms with E-state index in [0.29, 0.717) is 0 Å². The van der Waals surface area contributed by atoms with E-state index in [1.54, 1.807) is 5.56 Å². The summed E-state index contributed by atoms with van der Waals surface area (Å²) in [5.74, 6) is 0. The summed E-state index contributed by atoms with van der Waals surface area (Å²) in [5, 5.41) is 5.19. The van der Waals surface area contributed by atoms with Crippen LogP contribution in [0.1, 0.15) is 43.2 Å². The third-order valence-corrected chi connectivity index (χ3v) is 11.9. The lowest BCUT2D eigenvalue weighted by atomic mass is 9.68. The highest BCUT2D eigenvalue weighted by atomic mass is 15.0. The van der Waals surface area contributed by atoms with Gasteiger partial charge < -0.3 is 9.13 Å². The molecule has 11 rings (SSSR count). The average Bonchev–Trinajstić information content (AvgIpc) is 3.78. The first kappa shape index (κ1) is 28.0. The predicted molar refractivity (Wildman–Crippen MR) is 210 cm³/mol. The quantitative estimate of drug-likeness (QED) is 0.182. The zero-order chi connectivity index (χ0) is 32.8. The molecule has 0 saturated heterocycles. The first-order valence-corrected chi connectivity index (χ1v) is 18.2. The van der Waals surface area contributed by atoms with Gasteiger partial charge in [-0.2, -0.15) is 0 Å². The Balaban J connectivity index is 1.16. The van der Waals surface area contributed by atoms with Crippen molar-refractivity contribution >= 4 is 43.6 Å². The van der Waals surface area contributed by atoms with E-state index in [2.05, 4.69) is 167 Å². The summed E-state index contributed by atoms with van der Waals surface area (Å²) in [7, 11) is 0. The lowest BCUT2D eigenvalue weighted by Crippen LogP contribution is -2.28. The van der Waals surface area contributed by atoms with Gasteiger partial charge >= 0.3 is 0 Å². The van der Waals surface area contributed by atoms with Crippen LogP contribution >= 0.6 is 0 Å². The molecule has 50 heavy (non-hydrogen) atoms. The van der Waals surface area contributed by atoms with Gasteiger partial charge in [-0.15, -0.1) is 0 Å². The second-order valence-electron chi connectivity index (χ2n) is 14.4. The highest BCUT2D eigenvalue weighted by Crippen LogP contribution is 2.57. The topological polar surface area (TPSA) is 9.86 Å². The van der Waals surface area contributed by atoms with Crippen LogP contribution in [0, 0.1) is 0 Å². The monoisotopic (exact) mass is 640 g/mol. The molecule has 1 spiro atoms. The lowest BCUT2D eigenvalue weighted by Gasteiger charge is -2.36. The van der Waals surface area contributed by atoms with E-state index in [0.717, 1.165) is 0 Å². The second kappa shape index (κ2) is 10.6. The number of fused-ring (bicyclic) bond motifs is 11. The largest absolute Gasteiger partial charge is 0.309 e. The normalized spacial score (nSPS) is 15.0. The highest BCUT2D eigenvalue weighted by molar-refractivity contribution is 6.14. The number of nitrogens with zero attached hydrogens (tertiary/aromatic N) is 2. The molecule has 0 unspecified atom stereocenters. The molecule has 0 bridgehead atoms. The number of aromatic nitrogens is 2. The first-order chi connectivity index (χ1) is 24.8.